The van der Waals surface area contributed by atoms with Crippen LogP contribution in [-0.4, -0.2) is 12.2 Å². The van der Waals surface area contributed by atoms with Crippen LogP contribution in [0.15, 0.2) is 17.2 Å². The first kappa shape index (κ1) is 11.5. The van der Waals surface area contributed by atoms with E-state index in [0.717, 1.165) is 16.7 Å². The molecule has 0 heterocycles. The summed E-state index contributed by atoms with van der Waals surface area (Å²) in [5, 5.41) is 4.27. The molecule has 15 heavy (non-hydrogen) atoms. The highest BCUT2D eigenvalue weighted by Gasteiger charge is 2.02. The predicted octanol–water partition coefficient (Wildman–Crippen LogP) is 1.96. The molecular formula is C10H12ClN3O. The van der Waals surface area contributed by atoms with Gasteiger partial charge in [-0.15, -0.1) is 0 Å². The summed E-state index contributed by atoms with van der Waals surface area (Å²) in [4.78, 5) is 10.4. The average Bonchev–Trinajstić information content (AvgIpc) is 2.12. The minimum atomic E-state index is -0.702. The van der Waals surface area contributed by atoms with Crippen LogP contribution in [0.25, 0.3) is 0 Å². The van der Waals surface area contributed by atoms with Crippen molar-refractivity contribution < 1.29 is 4.79 Å². The van der Waals surface area contributed by atoms with Crippen molar-refractivity contribution in [2.75, 3.05) is 0 Å². The van der Waals surface area contributed by atoms with Gasteiger partial charge >= 0.3 is 6.03 Å². The number of nitrogens with two attached hydrogens (primary N) is 1. The molecule has 5 heteroatoms. The maximum absolute atomic E-state index is 10.4. The van der Waals surface area contributed by atoms with Crippen molar-refractivity contribution in [3.05, 3.63) is 33.8 Å². The molecule has 0 aliphatic carbocycles. The fraction of sp³-hybridized carbons (Fsp3) is 0.200. The number of benzene rings is 1. The van der Waals surface area contributed by atoms with E-state index in [2.05, 4.69) is 10.5 Å². The predicted molar refractivity (Wildman–Crippen MR) is 61.2 cm³/mol. The summed E-state index contributed by atoms with van der Waals surface area (Å²) < 4.78 is 0. The standard InChI is InChI=1S/C10H12ClN3O/c1-6-3-7(2)9(11)8(4-6)5-13-14-10(12)15/h3-5H,1-2H3,(H3,12,14,15). The van der Waals surface area contributed by atoms with Crippen LogP contribution in [0.4, 0.5) is 4.79 Å². The van der Waals surface area contributed by atoms with E-state index in [9.17, 15) is 4.79 Å². The van der Waals surface area contributed by atoms with Crippen molar-refractivity contribution in [3.8, 4) is 0 Å². The molecule has 0 fully saturated rings. The van der Waals surface area contributed by atoms with Crippen LogP contribution < -0.4 is 11.2 Å². The third-order valence-electron chi connectivity index (χ3n) is 1.81. The van der Waals surface area contributed by atoms with Crippen molar-refractivity contribution >= 4 is 23.8 Å². The van der Waals surface area contributed by atoms with E-state index in [4.69, 9.17) is 17.3 Å². The quantitative estimate of drug-likeness (QED) is 0.586. The Morgan fingerprint density at radius 3 is 2.80 bits per heavy atom. The van der Waals surface area contributed by atoms with Crippen LogP contribution in [0.3, 0.4) is 0 Å². The van der Waals surface area contributed by atoms with Crippen molar-refractivity contribution in [3.63, 3.8) is 0 Å². The molecule has 0 unspecified atom stereocenters. The Hall–Kier alpha value is -1.55. The number of nitrogens with one attached hydrogen (secondary N) is 1. The summed E-state index contributed by atoms with van der Waals surface area (Å²) in [5.41, 5.74) is 9.77. The lowest BCUT2D eigenvalue weighted by molar-refractivity contribution is 0.249. The van der Waals surface area contributed by atoms with E-state index in [-0.39, 0.29) is 0 Å². The molecular weight excluding hydrogens is 214 g/mol. The molecule has 0 atom stereocenters. The number of nitrogens with zero attached hydrogens (tertiary/aromatic N) is 1. The molecule has 0 aliphatic rings. The zero-order valence-electron chi connectivity index (χ0n) is 8.54. The average molecular weight is 226 g/mol. The Morgan fingerprint density at radius 2 is 2.20 bits per heavy atom. The van der Waals surface area contributed by atoms with Crippen molar-refractivity contribution in [1.82, 2.24) is 5.43 Å². The lowest BCUT2D eigenvalue weighted by Gasteiger charge is -2.03. The smallest absolute Gasteiger partial charge is 0.332 e. The molecule has 0 bridgehead atoms. The van der Waals surface area contributed by atoms with Gasteiger partial charge in [0.05, 0.1) is 11.2 Å². The third-order valence-corrected chi connectivity index (χ3v) is 2.32. The molecule has 0 aliphatic heterocycles. The van der Waals surface area contributed by atoms with Crippen molar-refractivity contribution in [2.24, 2.45) is 10.8 Å². The van der Waals surface area contributed by atoms with E-state index in [0.29, 0.717) is 5.02 Å². The van der Waals surface area contributed by atoms with Crippen LogP contribution in [0, 0.1) is 13.8 Å². The van der Waals surface area contributed by atoms with Crippen LogP contribution in [0.2, 0.25) is 5.02 Å². The number of hydrogen-bond donors (Lipinski definition) is 2. The Bertz CT molecular complexity index is 415. The first-order chi connectivity index (χ1) is 7.00. The largest absolute Gasteiger partial charge is 0.350 e. The molecule has 0 saturated carbocycles. The molecule has 1 aromatic rings. The van der Waals surface area contributed by atoms with Crippen LogP contribution >= 0.6 is 11.6 Å². The van der Waals surface area contributed by atoms with Gasteiger partial charge in [0.15, 0.2) is 0 Å². The number of aryl methyl sites for hydroxylation is 2. The lowest BCUT2D eigenvalue weighted by atomic mass is 10.1. The minimum absolute atomic E-state index is 0.621. The van der Waals surface area contributed by atoms with Crippen LogP contribution in [-0.2, 0) is 0 Å². The number of hydrogen-bond acceptors (Lipinski definition) is 2. The van der Waals surface area contributed by atoms with Gasteiger partial charge in [0.25, 0.3) is 0 Å². The fourth-order valence-corrected chi connectivity index (χ4v) is 1.40. The summed E-state index contributed by atoms with van der Waals surface area (Å²) in [7, 11) is 0. The molecule has 0 radical (unpaired) electrons. The van der Waals surface area contributed by atoms with Gasteiger partial charge in [-0.1, -0.05) is 23.2 Å². The first-order valence-corrected chi connectivity index (χ1v) is 4.73. The molecule has 1 aromatic carbocycles. The Labute approximate surface area is 93.1 Å². The molecule has 2 amide bonds. The maximum atomic E-state index is 10.4. The SMILES string of the molecule is Cc1cc(C)c(Cl)c(C=NNC(N)=O)c1. The highest BCUT2D eigenvalue weighted by atomic mass is 35.5. The van der Waals surface area contributed by atoms with Gasteiger partial charge in [-0.3, -0.25) is 0 Å². The van der Waals surface area contributed by atoms with Gasteiger partial charge < -0.3 is 5.73 Å². The number of rotatable bonds is 2. The monoisotopic (exact) mass is 225 g/mol. The van der Waals surface area contributed by atoms with E-state index < -0.39 is 6.03 Å². The number of amides is 2. The zero-order valence-corrected chi connectivity index (χ0v) is 9.30. The number of urea groups is 1. The number of primary amides is 1. The molecule has 4 nitrogen and oxygen atoms in total. The second-order valence-electron chi connectivity index (χ2n) is 3.22. The topological polar surface area (TPSA) is 67.5 Å². The number of carbonyl (C=O) groups is 1. The maximum Gasteiger partial charge on any atom is 0.332 e. The summed E-state index contributed by atoms with van der Waals surface area (Å²) in [5.74, 6) is 0. The van der Waals surface area contributed by atoms with E-state index in [1.54, 1.807) is 0 Å². The Morgan fingerprint density at radius 1 is 1.53 bits per heavy atom. The zero-order chi connectivity index (χ0) is 11.4. The van der Waals surface area contributed by atoms with Gasteiger partial charge in [-0.25, -0.2) is 10.2 Å². The minimum Gasteiger partial charge on any atom is -0.350 e. The molecule has 1 rings (SSSR count). The first-order valence-electron chi connectivity index (χ1n) is 4.36. The van der Waals surface area contributed by atoms with Crippen molar-refractivity contribution in [2.45, 2.75) is 13.8 Å². The number of carbonyl (C=O) groups excluding carboxylic acids is 1. The van der Waals surface area contributed by atoms with Crippen molar-refractivity contribution in [1.29, 1.82) is 0 Å². The van der Waals surface area contributed by atoms with Gasteiger partial charge in [-0.2, -0.15) is 5.10 Å². The molecule has 0 aromatic heterocycles. The summed E-state index contributed by atoms with van der Waals surface area (Å²) in [6.45, 7) is 3.87. The highest BCUT2D eigenvalue weighted by molar-refractivity contribution is 6.33. The summed E-state index contributed by atoms with van der Waals surface area (Å²) in [6.07, 6.45) is 1.47. The fourth-order valence-electron chi connectivity index (χ4n) is 1.24. The molecule has 3 N–H and O–H groups in total. The molecule has 0 saturated heterocycles. The van der Waals surface area contributed by atoms with Gasteiger partial charge in [0, 0.05) is 5.56 Å². The number of halogens is 1. The summed E-state index contributed by atoms with van der Waals surface area (Å²) >= 11 is 6.05. The van der Waals surface area contributed by atoms with Crippen LogP contribution in [0.1, 0.15) is 16.7 Å². The highest BCUT2D eigenvalue weighted by Crippen LogP contribution is 2.20. The van der Waals surface area contributed by atoms with E-state index in [1.165, 1.54) is 6.21 Å². The third kappa shape index (κ3) is 3.25. The second kappa shape index (κ2) is 4.79. The number of hydrazone groups is 1. The van der Waals surface area contributed by atoms with Gasteiger partial charge in [-0.05, 0) is 25.5 Å². The lowest BCUT2D eigenvalue weighted by Crippen LogP contribution is -2.24. The Balaban J connectivity index is 2.94. The summed E-state index contributed by atoms with van der Waals surface area (Å²) in [6, 6.07) is 3.15. The van der Waals surface area contributed by atoms with E-state index >= 15 is 0 Å². The Kier molecular flexibility index (Phi) is 3.68. The van der Waals surface area contributed by atoms with Gasteiger partial charge in [0.2, 0.25) is 0 Å². The normalized spacial score (nSPS) is 10.6. The molecule has 80 valence electrons. The van der Waals surface area contributed by atoms with Crippen LogP contribution in [0.5, 0.6) is 0 Å². The molecule has 0 spiro atoms. The second-order valence-corrected chi connectivity index (χ2v) is 3.60. The van der Waals surface area contributed by atoms with E-state index in [1.807, 2.05) is 26.0 Å². The van der Waals surface area contributed by atoms with Gasteiger partial charge in [0.1, 0.15) is 0 Å².